The zero-order valence-electron chi connectivity index (χ0n) is 25.7. The lowest BCUT2D eigenvalue weighted by Crippen LogP contribution is -2.33. The maximum absolute atomic E-state index is 13.9. The Balaban J connectivity index is 1.26. The van der Waals surface area contributed by atoms with Gasteiger partial charge in [-0.15, -0.1) is 11.3 Å². The number of nitrogens with one attached hydrogen (secondary N) is 1. The van der Waals surface area contributed by atoms with Gasteiger partial charge in [0, 0.05) is 6.42 Å². The van der Waals surface area contributed by atoms with E-state index >= 15 is 0 Å². The number of amides is 1. The van der Waals surface area contributed by atoms with Crippen LogP contribution in [-0.4, -0.2) is 16.2 Å². The number of thiazole rings is 1. The van der Waals surface area contributed by atoms with Gasteiger partial charge in [-0.1, -0.05) is 91.0 Å². The first-order valence-corrected chi connectivity index (χ1v) is 16.2. The second-order valence-corrected chi connectivity index (χ2v) is 12.2. The molecule has 0 fully saturated rings. The number of hydrogen-bond acceptors (Lipinski definition) is 7. The highest BCUT2D eigenvalue weighted by atomic mass is 32.1. The molecule has 7 rings (SSSR count). The number of benzene rings is 4. The topological polar surface area (TPSA) is 104 Å². The number of para-hydroxylation sites is 1. The first-order valence-electron chi connectivity index (χ1n) is 15.4. The van der Waals surface area contributed by atoms with E-state index in [-0.39, 0.29) is 28.4 Å². The number of hydrogen-bond donors (Lipinski definition) is 1. The van der Waals surface area contributed by atoms with E-state index in [1.807, 2.05) is 72.8 Å². The van der Waals surface area contributed by atoms with Crippen LogP contribution in [0.25, 0.3) is 17.3 Å². The summed E-state index contributed by atoms with van der Waals surface area (Å²) in [5.74, 6) is -0.0412. The van der Waals surface area contributed by atoms with Crippen molar-refractivity contribution in [1.82, 2.24) is 9.88 Å². The van der Waals surface area contributed by atoms with E-state index in [1.54, 1.807) is 42.5 Å². The van der Waals surface area contributed by atoms with E-state index in [4.69, 9.17) is 9.52 Å². The molecule has 0 radical (unpaired) electrons. The molecule has 0 spiro atoms. The number of anilines is 1. The lowest BCUT2D eigenvalue weighted by atomic mass is 9.98. The summed E-state index contributed by atoms with van der Waals surface area (Å²) in [5, 5.41) is 19.9. The van der Waals surface area contributed by atoms with Crippen molar-refractivity contribution >= 4 is 40.3 Å². The van der Waals surface area contributed by atoms with E-state index < -0.39 is 5.91 Å². The van der Waals surface area contributed by atoms with Crippen molar-refractivity contribution in [3.05, 3.63) is 176 Å². The molecule has 9 heteroatoms. The Morgan fingerprint density at radius 1 is 0.896 bits per heavy atom. The number of rotatable bonds is 8. The van der Waals surface area contributed by atoms with Crippen LogP contribution in [0, 0.1) is 11.3 Å². The summed E-state index contributed by atoms with van der Waals surface area (Å²) in [6.45, 7) is 0.113. The largest absolute Gasteiger partial charge is 0.467 e. The number of hydrazone groups is 1. The van der Waals surface area contributed by atoms with Crippen molar-refractivity contribution in [2.24, 2.45) is 5.10 Å². The third-order valence-corrected chi connectivity index (χ3v) is 9.14. The van der Waals surface area contributed by atoms with Gasteiger partial charge in [0.05, 0.1) is 40.5 Å². The molecule has 0 bridgehead atoms. The van der Waals surface area contributed by atoms with Crippen LogP contribution in [0.4, 0.5) is 5.69 Å². The highest BCUT2D eigenvalue weighted by Crippen LogP contribution is 2.36. The fourth-order valence-corrected chi connectivity index (χ4v) is 6.79. The van der Waals surface area contributed by atoms with Crippen LogP contribution < -0.4 is 25.1 Å². The van der Waals surface area contributed by atoms with Crippen LogP contribution >= 0.6 is 11.3 Å². The average Bonchev–Trinajstić information content (AvgIpc) is 3.89. The summed E-state index contributed by atoms with van der Waals surface area (Å²) in [5.41, 5.74) is 5.09. The minimum Gasteiger partial charge on any atom is -0.467 e. The van der Waals surface area contributed by atoms with Gasteiger partial charge in [0.1, 0.15) is 16.5 Å². The maximum atomic E-state index is 13.9. The van der Waals surface area contributed by atoms with Gasteiger partial charge in [0.25, 0.3) is 11.5 Å². The van der Waals surface area contributed by atoms with Gasteiger partial charge >= 0.3 is 0 Å². The highest BCUT2D eigenvalue weighted by Gasteiger charge is 2.29. The van der Waals surface area contributed by atoms with E-state index in [9.17, 15) is 14.9 Å². The molecule has 1 unspecified atom stereocenters. The Morgan fingerprint density at radius 3 is 2.25 bits per heavy atom. The van der Waals surface area contributed by atoms with Crippen molar-refractivity contribution in [2.45, 2.75) is 19.0 Å². The molecule has 48 heavy (non-hydrogen) atoms. The van der Waals surface area contributed by atoms with Crippen LogP contribution in [0.5, 0.6) is 0 Å². The summed E-state index contributed by atoms with van der Waals surface area (Å²) >= 11 is 1.10. The number of carbonyl (C=O) groups excluding carboxylic acids is 1. The molecule has 1 aliphatic rings. The molecule has 0 saturated carbocycles. The van der Waals surface area contributed by atoms with E-state index in [2.05, 4.69) is 34.6 Å². The molecule has 0 saturated heterocycles. The van der Waals surface area contributed by atoms with Gasteiger partial charge < -0.3 is 9.73 Å². The maximum Gasteiger partial charge on any atom is 0.273 e. The van der Waals surface area contributed by atoms with Crippen molar-refractivity contribution in [1.29, 1.82) is 5.26 Å². The highest BCUT2D eigenvalue weighted by molar-refractivity contribution is 7.07. The van der Waals surface area contributed by atoms with Crippen LogP contribution in [0.2, 0.25) is 0 Å². The predicted molar refractivity (Wildman–Crippen MR) is 188 cm³/mol. The van der Waals surface area contributed by atoms with Crippen LogP contribution in [0.3, 0.4) is 0 Å². The number of nitriles is 1. The third-order valence-electron chi connectivity index (χ3n) is 8.05. The SMILES string of the molecule is N#CC(C(=O)NCc1ccco1)=c1sc(=Cc2ccc(N3N=C(c4ccccc4)CC3c3ccccc3)cc2)c(=O)n1-c1ccccc1. The summed E-state index contributed by atoms with van der Waals surface area (Å²) < 4.78 is 7.37. The Hall–Kier alpha value is -6.24. The Kier molecular flexibility index (Phi) is 8.64. The van der Waals surface area contributed by atoms with E-state index in [1.165, 1.54) is 16.4 Å². The molecular formula is C39H29N5O3S. The van der Waals surface area contributed by atoms with Crippen LogP contribution in [0.15, 0.2) is 148 Å². The third kappa shape index (κ3) is 6.25. The molecule has 3 heterocycles. The summed E-state index contributed by atoms with van der Waals surface area (Å²) in [6.07, 6.45) is 4.07. The van der Waals surface area contributed by atoms with Crippen molar-refractivity contribution < 1.29 is 9.21 Å². The quantitative estimate of drug-likeness (QED) is 0.230. The lowest BCUT2D eigenvalue weighted by molar-refractivity contribution is -0.115. The van der Waals surface area contributed by atoms with Crippen molar-refractivity contribution in [3.8, 4) is 11.8 Å². The molecule has 1 N–H and O–H groups in total. The summed E-state index contributed by atoms with van der Waals surface area (Å²) in [7, 11) is 0. The molecule has 2 aromatic heterocycles. The zero-order valence-corrected chi connectivity index (χ0v) is 26.5. The summed E-state index contributed by atoms with van der Waals surface area (Å²) in [6, 6.07) is 43.0. The summed E-state index contributed by atoms with van der Waals surface area (Å²) in [4.78, 5) is 27.1. The standard InChI is InChI=1S/C39H29N5O3S/c40-25-33(37(45)41-26-32-17-10-22-47-32)39-43(30-15-8-3-9-16-30)38(46)36(48-39)23-27-18-20-31(21-19-27)44-35(29-13-6-2-7-14-29)24-34(42-44)28-11-4-1-5-12-28/h1-23,35H,24,26H2,(H,41,45). The van der Waals surface area contributed by atoms with Crippen molar-refractivity contribution in [2.75, 3.05) is 5.01 Å². The van der Waals surface area contributed by atoms with Gasteiger partial charge in [-0.05, 0) is 59.2 Å². The number of aromatic nitrogens is 1. The number of nitrogens with zero attached hydrogens (tertiary/aromatic N) is 4. The molecule has 1 aliphatic heterocycles. The minimum atomic E-state index is -0.593. The second-order valence-electron chi connectivity index (χ2n) is 11.1. The molecular weight excluding hydrogens is 619 g/mol. The van der Waals surface area contributed by atoms with Gasteiger partial charge in [-0.3, -0.25) is 19.2 Å². The lowest BCUT2D eigenvalue weighted by Gasteiger charge is -2.24. The average molecular weight is 648 g/mol. The fraction of sp³-hybridized carbons (Fsp3) is 0.0769. The van der Waals surface area contributed by atoms with E-state index in [0.717, 1.165) is 40.3 Å². The normalized spacial score (nSPS) is 15.1. The van der Waals surface area contributed by atoms with Crippen molar-refractivity contribution in [3.63, 3.8) is 0 Å². The number of carbonyl (C=O) groups is 1. The molecule has 4 aromatic carbocycles. The molecule has 234 valence electrons. The monoisotopic (exact) mass is 647 g/mol. The van der Waals surface area contributed by atoms with Gasteiger partial charge in [-0.2, -0.15) is 10.4 Å². The fourth-order valence-electron chi connectivity index (χ4n) is 5.69. The second kappa shape index (κ2) is 13.6. The van der Waals surface area contributed by atoms with Crippen LogP contribution in [0.1, 0.15) is 34.9 Å². The zero-order chi connectivity index (χ0) is 32.9. The first kappa shape index (κ1) is 30.4. The van der Waals surface area contributed by atoms with E-state index in [0.29, 0.717) is 16.0 Å². The molecule has 1 atom stereocenters. The minimum absolute atomic E-state index is 0.0352. The molecule has 1 amide bonds. The Bertz CT molecular complexity index is 2300. The molecule has 6 aromatic rings. The Labute approximate surface area is 280 Å². The van der Waals surface area contributed by atoms with Gasteiger partial charge in [0.15, 0.2) is 5.57 Å². The first-order chi connectivity index (χ1) is 23.6. The van der Waals surface area contributed by atoms with Gasteiger partial charge in [-0.25, -0.2) is 0 Å². The molecule has 8 nitrogen and oxygen atoms in total. The van der Waals surface area contributed by atoms with Crippen LogP contribution in [-0.2, 0) is 11.3 Å². The Morgan fingerprint density at radius 2 is 1.58 bits per heavy atom. The molecule has 0 aliphatic carbocycles. The predicted octanol–water partition coefficient (Wildman–Crippen LogP) is 5.67. The smallest absolute Gasteiger partial charge is 0.273 e. The number of furan rings is 1. The van der Waals surface area contributed by atoms with Gasteiger partial charge in [0.2, 0.25) is 0 Å².